The lowest BCUT2D eigenvalue weighted by Gasteiger charge is -2.12. The van der Waals surface area contributed by atoms with Gasteiger partial charge >= 0.3 is 6.36 Å². The van der Waals surface area contributed by atoms with Crippen LogP contribution in [-0.2, 0) is 0 Å². The lowest BCUT2D eigenvalue weighted by atomic mass is 10.2. The molecule has 0 saturated carbocycles. The largest absolute Gasteiger partial charge is 0.573 e. The van der Waals surface area contributed by atoms with Crippen molar-refractivity contribution in [3.63, 3.8) is 0 Å². The number of halogens is 3. The van der Waals surface area contributed by atoms with E-state index in [1.165, 1.54) is 12.1 Å². The number of nitrogens with one attached hydrogen (secondary N) is 1. The monoisotopic (exact) mass is 313 g/mol. The summed E-state index contributed by atoms with van der Waals surface area (Å²) >= 11 is 0. The van der Waals surface area contributed by atoms with Crippen molar-refractivity contribution >= 4 is 5.91 Å². The highest BCUT2D eigenvalue weighted by Crippen LogP contribution is 2.23. The van der Waals surface area contributed by atoms with E-state index in [0.717, 1.165) is 17.9 Å². The van der Waals surface area contributed by atoms with E-state index < -0.39 is 12.3 Å². The number of hydrogen-bond donors (Lipinski definition) is 1. The summed E-state index contributed by atoms with van der Waals surface area (Å²) in [5.41, 5.74) is 0.227. The third kappa shape index (κ3) is 4.28. The van der Waals surface area contributed by atoms with Crippen molar-refractivity contribution in [2.24, 2.45) is 0 Å². The summed E-state index contributed by atoms with van der Waals surface area (Å²) in [5, 5.41) is 2.70. The van der Waals surface area contributed by atoms with Gasteiger partial charge in [-0.2, -0.15) is 0 Å². The molecule has 1 aromatic carbocycles. The maximum atomic E-state index is 12.1. The fraction of sp³-hybridized carbons (Fsp3) is 0.267. The first-order chi connectivity index (χ1) is 10.2. The van der Waals surface area contributed by atoms with Crippen LogP contribution in [-0.4, -0.2) is 12.3 Å². The van der Waals surface area contributed by atoms with Gasteiger partial charge in [-0.1, -0.05) is 0 Å². The molecule has 0 aliphatic heterocycles. The Morgan fingerprint density at radius 2 is 1.82 bits per heavy atom. The highest BCUT2D eigenvalue weighted by Gasteiger charge is 2.31. The van der Waals surface area contributed by atoms with Crippen LogP contribution in [0.4, 0.5) is 13.2 Å². The fourth-order valence-corrected chi connectivity index (χ4v) is 1.85. The topological polar surface area (TPSA) is 51.5 Å². The van der Waals surface area contributed by atoms with Crippen LogP contribution in [0.25, 0.3) is 0 Å². The Morgan fingerprint density at radius 1 is 1.18 bits per heavy atom. The minimum atomic E-state index is -4.75. The van der Waals surface area contributed by atoms with Gasteiger partial charge < -0.3 is 14.5 Å². The molecular weight excluding hydrogens is 299 g/mol. The molecule has 2 rings (SSSR count). The number of benzene rings is 1. The molecule has 1 unspecified atom stereocenters. The molecule has 0 saturated heterocycles. The number of carbonyl (C=O) groups excluding carboxylic acids is 1. The predicted octanol–water partition coefficient (Wildman–Crippen LogP) is 3.98. The fourth-order valence-electron chi connectivity index (χ4n) is 1.85. The van der Waals surface area contributed by atoms with Gasteiger partial charge in [0.05, 0.1) is 6.04 Å². The molecular formula is C15H14F3NO3. The molecule has 118 valence electrons. The van der Waals surface area contributed by atoms with Crippen molar-refractivity contribution < 1.29 is 27.1 Å². The summed E-state index contributed by atoms with van der Waals surface area (Å²) in [4.78, 5) is 12.0. The highest BCUT2D eigenvalue weighted by atomic mass is 19.4. The highest BCUT2D eigenvalue weighted by molar-refractivity contribution is 5.94. The van der Waals surface area contributed by atoms with Gasteiger partial charge in [0, 0.05) is 5.56 Å². The molecule has 0 aliphatic carbocycles. The zero-order chi connectivity index (χ0) is 16.3. The van der Waals surface area contributed by atoms with Gasteiger partial charge in [0.1, 0.15) is 17.3 Å². The Bertz CT molecular complexity index is 647. The molecule has 0 bridgehead atoms. The first-order valence-corrected chi connectivity index (χ1v) is 6.47. The van der Waals surface area contributed by atoms with E-state index in [1.54, 1.807) is 26.0 Å². The van der Waals surface area contributed by atoms with Gasteiger partial charge in [0.15, 0.2) is 0 Å². The maximum Gasteiger partial charge on any atom is 0.573 e. The predicted molar refractivity (Wildman–Crippen MR) is 72.5 cm³/mol. The van der Waals surface area contributed by atoms with Crippen LogP contribution in [0.3, 0.4) is 0 Å². The molecule has 0 fully saturated rings. The van der Waals surface area contributed by atoms with Crippen LogP contribution in [0, 0.1) is 6.92 Å². The van der Waals surface area contributed by atoms with E-state index >= 15 is 0 Å². The van der Waals surface area contributed by atoms with Crippen molar-refractivity contribution in [3.05, 3.63) is 53.5 Å². The summed E-state index contributed by atoms with van der Waals surface area (Å²) in [7, 11) is 0. The number of aryl methyl sites for hydroxylation is 1. The minimum Gasteiger partial charge on any atom is -0.464 e. The van der Waals surface area contributed by atoms with Crippen molar-refractivity contribution in [3.8, 4) is 5.75 Å². The standard InChI is InChI=1S/C15H14F3NO3/c1-9-3-8-13(21-9)10(2)19-14(20)11-4-6-12(7-5-11)22-15(16,17)18/h3-8,10H,1-2H3,(H,19,20). The molecule has 1 aromatic heterocycles. The molecule has 7 heteroatoms. The SMILES string of the molecule is Cc1ccc(C(C)NC(=O)c2ccc(OC(F)(F)F)cc2)o1. The molecule has 0 spiro atoms. The molecule has 2 aromatic rings. The third-order valence-electron chi connectivity index (χ3n) is 2.89. The van der Waals surface area contributed by atoms with Gasteiger partial charge in [0.2, 0.25) is 0 Å². The Hall–Kier alpha value is -2.44. The van der Waals surface area contributed by atoms with E-state index in [9.17, 15) is 18.0 Å². The normalized spacial score (nSPS) is 12.8. The quantitative estimate of drug-likeness (QED) is 0.929. The van der Waals surface area contributed by atoms with Gasteiger partial charge in [-0.3, -0.25) is 4.79 Å². The molecule has 4 nitrogen and oxygen atoms in total. The van der Waals surface area contributed by atoms with Crippen molar-refractivity contribution in [2.45, 2.75) is 26.3 Å². The minimum absolute atomic E-state index is 0.227. The van der Waals surface area contributed by atoms with Crippen LogP contribution in [0.1, 0.15) is 34.8 Å². The molecule has 1 heterocycles. The number of rotatable bonds is 4. The molecule has 1 atom stereocenters. The second kappa shape index (κ2) is 6.13. The van der Waals surface area contributed by atoms with E-state index in [0.29, 0.717) is 5.76 Å². The van der Waals surface area contributed by atoms with Crippen LogP contribution in [0.2, 0.25) is 0 Å². The number of carbonyl (C=O) groups is 1. The Balaban J connectivity index is 2.00. The lowest BCUT2D eigenvalue weighted by molar-refractivity contribution is -0.274. The summed E-state index contributed by atoms with van der Waals surface area (Å²) in [6, 6.07) is 7.87. The van der Waals surface area contributed by atoms with Crippen LogP contribution in [0.5, 0.6) is 5.75 Å². The molecule has 22 heavy (non-hydrogen) atoms. The summed E-state index contributed by atoms with van der Waals surface area (Å²) in [5.74, 6) is 0.534. The van der Waals surface area contributed by atoms with Crippen LogP contribution < -0.4 is 10.1 Å². The van der Waals surface area contributed by atoms with Crippen molar-refractivity contribution in [1.82, 2.24) is 5.32 Å². The van der Waals surface area contributed by atoms with Crippen molar-refractivity contribution in [2.75, 3.05) is 0 Å². The van der Waals surface area contributed by atoms with Crippen LogP contribution >= 0.6 is 0 Å². The smallest absolute Gasteiger partial charge is 0.464 e. The molecule has 0 radical (unpaired) electrons. The van der Waals surface area contributed by atoms with E-state index in [1.807, 2.05) is 0 Å². The number of furan rings is 1. The number of alkyl halides is 3. The van der Waals surface area contributed by atoms with Crippen molar-refractivity contribution in [1.29, 1.82) is 0 Å². The number of amides is 1. The maximum absolute atomic E-state index is 12.1. The van der Waals surface area contributed by atoms with Gasteiger partial charge in [-0.15, -0.1) is 13.2 Å². The van der Waals surface area contributed by atoms with E-state index in [4.69, 9.17) is 4.42 Å². The Labute approximate surface area is 124 Å². The summed E-state index contributed by atoms with van der Waals surface area (Å²) < 4.78 is 45.3. The van der Waals surface area contributed by atoms with E-state index in [-0.39, 0.29) is 17.4 Å². The summed E-state index contributed by atoms with van der Waals surface area (Å²) in [6.07, 6.45) is -4.75. The second-order valence-corrected chi connectivity index (χ2v) is 4.72. The van der Waals surface area contributed by atoms with Gasteiger partial charge in [0.25, 0.3) is 5.91 Å². The Morgan fingerprint density at radius 3 is 2.32 bits per heavy atom. The second-order valence-electron chi connectivity index (χ2n) is 4.72. The molecule has 1 N–H and O–H groups in total. The number of ether oxygens (including phenoxy) is 1. The Kier molecular flexibility index (Phi) is 4.44. The first kappa shape index (κ1) is 15.9. The zero-order valence-corrected chi connectivity index (χ0v) is 11.9. The lowest BCUT2D eigenvalue weighted by Crippen LogP contribution is -2.26. The molecule has 1 amide bonds. The van der Waals surface area contributed by atoms with Crippen LogP contribution in [0.15, 0.2) is 40.8 Å². The third-order valence-corrected chi connectivity index (χ3v) is 2.89. The average molecular weight is 313 g/mol. The van der Waals surface area contributed by atoms with Gasteiger partial charge in [-0.05, 0) is 50.2 Å². The average Bonchev–Trinajstić information content (AvgIpc) is 2.84. The summed E-state index contributed by atoms with van der Waals surface area (Å²) in [6.45, 7) is 3.54. The molecule has 0 aliphatic rings. The first-order valence-electron chi connectivity index (χ1n) is 6.47. The zero-order valence-electron chi connectivity index (χ0n) is 11.9. The number of hydrogen-bond acceptors (Lipinski definition) is 3. The van der Waals surface area contributed by atoms with E-state index in [2.05, 4.69) is 10.1 Å². The van der Waals surface area contributed by atoms with Gasteiger partial charge in [-0.25, -0.2) is 0 Å².